The van der Waals surface area contributed by atoms with Crippen LogP contribution in [0.4, 0.5) is 0 Å². The van der Waals surface area contributed by atoms with E-state index in [4.69, 9.17) is 0 Å². The van der Waals surface area contributed by atoms with E-state index in [2.05, 4.69) is 51.0 Å². The van der Waals surface area contributed by atoms with Crippen LogP contribution in [0.5, 0.6) is 0 Å². The molecule has 1 saturated carbocycles. The van der Waals surface area contributed by atoms with Crippen LogP contribution in [-0.2, 0) is 0 Å². The normalized spacial score (nSPS) is 24.0. The van der Waals surface area contributed by atoms with Crippen molar-refractivity contribution in [2.45, 2.75) is 85.2 Å². The Morgan fingerprint density at radius 1 is 1.19 bits per heavy atom. The van der Waals surface area contributed by atoms with E-state index >= 15 is 0 Å². The van der Waals surface area contributed by atoms with Crippen LogP contribution in [0.3, 0.4) is 0 Å². The Labute approximate surface area is 130 Å². The van der Waals surface area contributed by atoms with Crippen LogP contribution in [0.2, 0.25) is 0 Å². The van der Waals surface area contributed by atoms with Gasteiger partial charge in [-0.2, -0.15) is 0 Å². The summed E-state index contributed by atoms with van der Waals surface area (Å²) in [4.78, 5) is 4.64. The summed E-state index contributed by atoms with van der Waals surface area (Å²) in [6, 6.07) is 3.30. The summed E-state index contributed by atoms with van der Waals surface area (Å²) in [7, 11) is 0. The minimum Gasteiger partial charge on any atom is -0.307 e. The Balaban J connectivity index is 1.95. The van der Waals surface area contributed by atoms with E-state index in [0.717, 1.165) is 11.6 Å². The lowest BCUT2D eigenvalue weighted by Gasteiger charge is -2.32. The van der Waals surface area contributed by atoms with E-state index in [0.29, 0.717) is 12.1 Å². The Morgan fingerprint density at radius 2 is 1.86 bits per heavy atom. The van der Waals surface area contributed by atoms with E-state index in [1.807, 2.05) is 0 Å². The molecule has 2 nitrogen and oxygen atoms in total. The Morgan fingerprint density at radius 3 is 2.43 bits per heavy atom. The second-order valence-corrected chi connectivity index (χ2v) is 6.97. The van der Waals surface area contributed by atoms with Crippen LogP contribution in [0.25, 0.3) is 0 Å². The third-order valence-corrected chi connectivity index (χ3v) is 5.05. The van der Waals surface area contributed by atoms with Gasteiger partial charge in [-0.25, -0.2) is 0 Å². The maximum absolute atomic E-state index is 4.64. The van der Waals surface area contributed by atoms with Gasteiger partial charge in [0.05, 0.1) is 0 Å². The second kappa shape index (κ2) is 7.40. The van der Waals surface area contributed by atoms with Crippen molar-refractivity contribution in [3.05, 3.63) is 28.6 Å². The van der Waals surface area contributed by atoms with Crippen LogP contribution in [-0.4, -0.2) is 11.0 Å². The van der Waals surface area contributed by atoms with Gasteiger partial charge in [-0.3, -0.25) is 4.98 Å². The molecule has 0 aromatic carbocycles. The zero-order valence-corrected chi connectivity index (χ0v) is 14.5. The molecule has 118 valence electrons. The molecule has 1 aromatic heterocycles. The summed E-state index contributed by atoms with van der Waals surface area (Å²) in [5.74, 6) is 0.980. The summed E-state index contributed by atoms with van der Waals surface area (Å²) in [5, 5.41) is 3.86. The molecule has 1 heterocycles. The van der Waals surface area contributed by atoms with Crippen molar-refractivity contribution in [3.63, 3.8) is 0 Å². The van der Waals surface area contributed by atoms with Gasteiger partial charge in [-0.15, -0.1) is 0 Å². The summed E-state index contributed by atoms with van der Waals surface area (Å²) in [5.41, 5.74) is 5.09. The predicted octanol–water partition coefficient (Wildman–Crippen LogP) is 5.02. The molecule has 1 aliphatic carbocycles. The maximum atomic E-state index is 4.64. The molecule has 0 radical (unpaired) electrons. The Hall–Kier alpha value is -0.890. The quantitative estimate of drug-likeness (QED) is 0.823. The highest BCUT2D eigenvalue weighted by Crippen LogP contribution is 2.30. The summed E-state index contributed by atoms with van der Waals surface area (Å²) < 4.78 is 0. The largest absolute Gasteiger partial charge is 0.307 e. The topological polar surface area (TPSA) is 24.9 Å². The van der Waals surface area contributed by atoms with Crippen molar-refractivity contribution in [1.29, 1.82) is 0 Å². The van der Waals surface area contributed by atoms with Gasteiger partial charge in [0.2, 0.25) is 0 Å². The molecule has 21 heavy (non-hydrogen) atoms. The van der Waals surface area contributed by atoms with E-state index < -0.39 is 0 Å². The highest BCUT2D eigenvalue weighted by atomic mass is 15.0. The van der Waals surface area contributed by atoms with E-state index in [-0.39, 0.29) is 0 Å². The molecule has 1 fully saturated rings. The summed E-state index contributed by atoms with van der Waals surface area (Å²) >= 11 is 0. The molecule has 1 aromatic rings. The van der Waals surface area contributed by atoms with Crippen molar-refractivity contribution < 1.29 is 0 Å². The van der Waals surface area contributed by atoms with Crippen LogP contribution in [0.15, 0.2) is 6.07 Å². The van der Waals surface area contributed by atoms with Crippen molar-refractivity contribution in [2.75, 3.05) is 0 Å². The number of hydrogen-bond donors (Lipinski definition) is 1. The van der Waals surface area contributed by atoms with Crippen molar-refractivity contribution in [1.82, 2.24) is 10.3 Å². The average molecular weight is 288 g/mol. The zero-order valence-electron chi connectivity index (χ0n) is 14.5. The Kier molecular flexibility index (Phi) is 5.80. The monoisotopic (exact) mass is 288 g/mol. The third kappa shape index (κ3) is 4.29. The summed E-state index contributed by atoms with van der Waals surface area (Å²) in [6.07, 6.45) is 8.25. The maximum Gasteiger partial charge on any atom is 0.0426 e. The second-order valence-electron chi connectivity index (χ2n) is 6.97. The first-order valence-electron chi connectivity index (χ1n) is 8.72. The van der Waals surface area contributed by atoms with Crippen molar-refractivity contribution in [2.24, 2.45) is 5.92 Å². The molecule has 1 aliphatic rings. The number of aryl methyl sites for hydroxylation is 3. The van der Waals surface area contributed by atoms with Crippen LogP contribution < -0.4 is 5.32 Å². The molecular formula is C19H32N2. The van der Waals surface area contributed by atoms with E-state index in [9.17, 15) is 0 Å². The lowest BCUT2D eigenvalue weighted by Crippen LogP contribution is -2.35. The van der Waals surface area contributed by atoms with E-state index in [1.54, 1.807) is 0 Å². The lowest BCUT2D eigenvalue weighted by molar-refractivity contribution is 0.266. The molecule has 1 unspecified atom stereocenters. The van der Waals surface area contributed by atoms with Gasteiger partial charge < -0.3 is 5.32 Å². The fourth-order valence-corrected chi connectivity index (χ4v) is 4.15. The van der Waals surface area contributed by atoms with Gasteiger partial charge in [-0.1, -0.05) is 19.8 Å². The number of nitrogens with zero attached hydrogens (tertiary/aromatic N) is 1. The minimum atomic E-state index is 0.408. The molecule has 0 spiro atoms. The smallest absolute Gasteiger partial charge is 0.0426 e. The first kappa shape index (κ1) is 16.5. The molecule has 2 heteroatoms. The number of nitrogens with one attached hydrogen (secondary N) is 1. The SMILES string of the molecule is CCCC1CCC(NC(C)c2c(C)cc(C)nc2C)CC1. The van der Waals surface area contributed by atoms with Gasteiger partial charge >= 0.3 is 0 Å². The number of rotatable bonds is 5. The molecule has 0 saturated heterocycles. The number of pyridine rings is 1. The number of aromatic nitrogens is 1. The highest BCUT2D eigenvalue weighted by Gasteiger charge is 2.23. The molecular weight excluding hydrogens is 256 g/mol. The third-order valence-electron chi connectivity index (χ3n) is 5.05. The average Bonchev–Trinajstić information content (AvgIpc) is 2.40. The van der Waals surface area contributed by atoms with Gasteiger partial charge in [-0.05, 0) is 76.5 Å². The minimum absolute atomic E-state index is 0.408. The van der Waals surface area contributed by atoms with Crippen molar-refractivity contribution in [3.8, 4) is 0 Å². The standard InChI is InChI=1S/C19H32N2/c1-6-7-17-8-10-18(11-9-17)21-16(5)19-13(2)12-14(3)20-15(19)4/h12,16-18,21H,6-11H2,1-5H3. The van der Waals surface area contributed by atoms with Gasteiger partial charge in [0.15, 0.2) is 0 Å². The van der Waals surface area contributed by atoms with Crippen LogP contribution in [0.1, 0.15) is 80.9 Å². The number of hydrogen-bond acceptors (Lipinski definition) is 2. The highest BCUT2D eigenvalue weighted by molar-refractivity contribution is 5.33. The first-order valence-corrected chi connectivity index (χ1v) is 8.72. The zero-order chi connectivity index (χ0) is 15.4. The molecule has 0 aliphatic heterocycles. The molecule has 2 rings (SSSR count). The predicted molar refractivity (Wildman–Crippen MR) is 90.7 cm³/mol. The molecule has 1 N–H and O–H groups in total. The lowest BCUT2D eigenvalue weighted by atomic mass is 9.83. The van der Waals surface area contributed by atoms with Crippen LogP contribution >= 0.6 is 0 Å². The van der Waals surface area contributed by atoms with E-state index in [1.165, 1.54) is 55.3 Å². The van der Waals surface area contributed by atoms with Gasteiger partial charge in [0.1, 0.15) is 0 Å². The fourth-order valence-electron chi connectivity index (χ4n) is 4.15. The van der Waals surface area contributed by atoms with Gasteiger partial charge in [0.25, 0.3) is 0 Å². The molecule has 0 bridgehead atoms. The summed E-state index contributed by atoms with van der Waals surface area (Å²) in [6.45, 7) is 11.0. The van der Waals surface area contributed by atoms with Gasteiger partial charge in [0, 0.05) is 23.5 Å². The first-order chi connectivity index (χ1) is 10.0. The van der Waals surface area contributed by atoms with Crippen LogP contribution in [0, 0.1) is 26.7 Å². The molecule has 0 amide bonds. The van der Waals surface area contributed by atoms with Crippen molar-refractivity contribution >= 4 is 0 Å². The Bertz CT molecular complexity index is 436. The molecule has 1 atom stereocenters. The fraction of sp³-hybridized carbons (Fsp3) is 0.737.